The number of hydrogen-bond donors (Lipinski definition) is 1. The molecule has 0 bridgehead atoms. The van der Waals surface area contributed by atoms with E-state index in [1.54, 1.807) is 55.6 Å². The molecule has 1 amide bonds. The molecular weight excluding hydrogens is 459 g/mol. The Hall–Kier alpha value is -2.58. The Morgan fingerprint density at radius 3 is 2.26 bits per heavy atom. The van der Waals surface area contributed by atoms with E-state index in [0.29, 0.717) is 27.0 Å². The van der Waals surface area contributed by atoms with Gasteiger partial charge in [-0.1, -0.05) is 35.3 Å². The minimum Gasteiger partial charge on any atom is -0.497 e. The molecule has 0 saturated heterocycles. The van der Waals surface area contributed by atoms with Crippen LogP contribution in [0.2, 0.25) is 10.0 Å². The fraction of sp³-hybridized carbons (Fsp3) is 0.136. The molecule has 0 aliphatic heterocycles. The molecule has 0 aliphatic rings. The summed E-state index contributed by atoms with van der Waals surface area (Å²) < 4.78 is 32.7. The zero-order valence-corrected chi connectivity index (χ0v) is 18.9. The number of nitrogens with zero attached hydrogens (tertiary/aromatic N) is 1. The minimum atomic E-state index is -3.98. The molecule has 162 valence electrons. The van der Waals surface area contributed by atoms with Crippen LogP contribution in [0.3, 0.4) is 0 Å². The Kier molecular flexibility index (Phi) is 7.56. The fourth-order valence-electron chi connectivity index (χ4n) is 2.86. The molecule has 6 nitrogen and oxygen atoms in total. The highest BCUT2D eigenvalue weighted by Crippen LogP contribution is 2.22. The molecular formula is C22H20Cl2N2O4S. The molecule has 0 aromatic heterocycles. The maximum atomic E-state index is 13.3. The number of halogens is 2. The Labute approximate surface area is 191 Å². The zero-order chi connectivity index (χ0) is 22.4. The first kappa shape index (κ1) is 23.1. The molecule has 0 heterocycles. The standard InChI is InChI=1S/C22H20Cl2N2O4S/c1-30-20-9-7-19(8-10-20)25-22(27)15-26(14-16-3-2-4-18(24)13-16)31(28,29)21-11-5-17(23)6-12-21/h2-13H,14-15H2,1H3,(H,25,27). The maximum absolute atomic E-state index is 13.3. The van der Waals surface area contributed by atoms with Crippen molar-refractivity contribution in [1.29, 1.82) is 0 Å². The summed E-state index contributed by atoms with van der Waals surface area (Å²) in [6.45, 7) is -0.412. The first-order valence-corrected chi connectivity index (χ1v) is 11.4. The van der Waals surface area contributed by atoms with Crippen LogP contribution >= 0.6 is 23.2 Å². The van der Waals surface area contributed by atoms with E-state index in [2.05, 4.69) is 5.32 Å². The number of nitrogens with one attached hydrogen (secondary N) is 1. The number of sulfonamides is 1. The van der Waals surface area contributed by atoms with Crippen LogP contribution in [0.25, 0.3) is 0 Å². The van der Waals surface area contributed by atoms with Crippen molar-refractivity contribution < 1.29 is 17.9 Å². The van der Waals surface area contributed by atoms with Gasteiger partial charge in [0.05, 0.1) is 18.6 Å². The van der Waals surface area contributed by atoms with Gasteiger partial charge >= 0.3 is 0 Å². The zero-order valence-electron chi connectivity index (χ0n) is 16.6. The Morgan fingerprint density at radius 1 is 0.968 bits per heavy atom. The van der Waals surface area contributed by atoms with E-state index >= 15 is 0 Å². The van der Waals surface area contributed by atoms with Gasteiger partial charge in [-0.3, -0.25) is 4.79 Å². The van der Waals surface area contributed by atoms with E-state index in [9.17, 15) is 13.2 Å². The van der Waals surface area contributed by atoms with Gasteiger partial charge in [0, 0.05) is 22.3 Å². The highest BCUT2D eigenvalue weighted by molar-refractivity contribution is 7.89. The second-order valence-corrected chi connectivity index (χ2v) is 9.44. The van der Waals surface area contributed by atoms with Gasteiger partial charge in [-0.15, -0.1) is 0 Å². The second kappa shape index (κ2) is 10.2. The molecule has 0 spiro atoms. The third-order valence-electron chi connectivity index (χ3n) is 4.39. The molecule has 31 heavy (non-hydrogen) atoms. The van der Waals surface area contributed by atoms with Crippen molar-refractivity contribution in [3.8, 4) is 5.75 Å². The normalized spacial score (nSPS) is 11.4. The first-order chi connectivity index (χ1) is 14.8. The van der Waals surface area contributed by atoms with Crippen LogP contribution in [0.1, 0.15) is 5.56 Å². The average Bonchev–Trinajstić information content (AvgIpc) is 2.74. The van der Waals surface area contributed by atoms with Crippen LogP contribution in [0, 0.1) is 0 Å². The predicted molar refractivity (Wildman–Crippen MR) is 122 cm³/mol. The van der Waals surface area contributed by atoms with E-state index in [1.165, 1.54) is 24.3 Å². The molecule has 0 saturated carbocycles. The van der Waals surface area contributed by atoms with Crippen LogP contribution in [-0.2, 0) is 21.4 Å². The number of anilines is 1. The number of rotatable bonds is 8. The number of amides is 1. The lowest BCUT2D eigenvalue weighted by molar-refractivity contribution is -0.116. The largest absolute Gasteiger partial charge is 0.497 e. The van der Waals surface area contributed by atoms with Crippen LogP contribution in [0.15, 0.2) is 77.7 Å². The summed E-state index contributed by atoms with van der Waals surface area (Å²) in [4.78, 5) is 12.7. The smallest absolute Gasteiger partial charge is 0.243 e. The summed E-state index contributed by atoms with van der Waals surface area (Å²) in [5.74, 6) is 0.163. The SMILES string of the molecule is COc1ccc(NC(=O)CN(Cc2cccc(Cl)c2)S(=O)(=O)c2ccc(Cl)cc2)cc1. The summed E-state index contributed by atoms with van der Waals surface area (Å²) in [5.41, 5.74) is 1.18. The van der Waals surface area contributed by atoms with Gasteiger partial charge < -0.3 is 10.1 Å². The molecule has 0 unspecified atom stereocenters. The van der Waals surface area contributed by atoms with Crippen molar-refractivity contribution in [2.75, 3.05) is 19.0 Å². The topological polar surface area (TPSA) is 75.7 Å². The fourth-order valence-corrected chi connectivity index (χ4v) is 4.58. The van der Waals surface area contributed by atoms with Crippen LogP contribution in [-0.4, -0.2) is 32.3 Å². The lowest BCUT2D eigenvalue weighted by Gasteiger charge is -2.22. The highest BCUT2D eigenvalue weighted by atomic mass is 35.5. The third-order valence-corrected chi connectivity index (χ3v) is 6.69. The molecule has 0 aliphatic carbocycles. The first-order valence-electron chi connectivity index (χ1n) is 9.22. The predicted octanol–water partition coefficient (Wildman–Crippen LogP) is 4.83. The summed E-state index contributed by atoms with van der Waals surface area (Å²) in [6, 6.07) is 19.4. The number of carbonyl (C=O) groups excluding carboxylic acids is 1. The molecule has 3 aromatic rings. The molecule has 1 N–H and O–H groups in total. The molecule has 3 rings (SSSR count). The average molecular weight is 479 g/mol. The Bertz CT molecular complexity index is 1150. The van der Waals surface area contributed by atoms with Gasteiger partial charge in [0.2, 0.25) is 15.9 Å². The summed E-state index contributed by atoms with van der Waals surface area (Å²) in [6.07, 6.45) is 0. The van der Waals surface area contributed by atoms with Crippen molar-refractivity contribution in [2.24, 2.45) is 0 Å². The number of methoxy groups -OCH3 is 1. The van der Waals surface area contributed by atoms with Gasteiger partial charge in [0.15, 0.2) is 0 Å². The van der Waals surface area contributed by atoms with Gasteiger partial charge in [0.1, 0.15) is 5.75 Å². The molecule has 9 heteroatoms. The number of ether oxygens (including phenoxy) is 1. The van der Waals surface area contributed by atoms with Crippen LogP contribution < -0.4 is 10.1 Å². The molecule has 0 radical (unpaired) electrons. The number of hydrogen-bond acceptors (Lipinski definition) is 4. The van der Waals surface area contributed by atoms with E-state index in [0.717, 1.165) is 4.31 Å². The van der Waals surface area contributed by atoms with E-state index in [4.69, 9.17) is 27.9 Å². The second-order valence-electron chi connectivity index (χ2n) is 6.63. The van der Waals surface area contributed by atoms with Gasteiger partial charge in [0.25, 0.3) is 0 Å². The number of carbonyl (C=O) groups is 1. The van der Waals surface area contributed by atoms with Crippen molar-refractivity contribution in [2.45, 2.75) is 11.4 Å². The Balaban J connectivity index is 1.85. The van der Waals surface area contributed by atoms with E-state index < -0.39 is 15.9 Å². The molecule has 0 atom stereocenters. The van der Waals surface area contributed by atoms with Gasteiger partial charge in [-0.25, -0.2) is 8.42 Å². The minimum absolute atomic E-state index is 0.0262. The summed E-state index contributed by atoms with van der Waals surface area (Å²) in [7, 11) is -2.43. The van der Waals surface area contributed by atoms with Gasteiger partial charge in [-0.2, -0.15) is 4.31 Å². The summed E-state index contributed by atoms with van der Waals surface area (Å²) in [5, 5.41) is 3.60. The molecule has 0 fully saturated rings. The Morgan fingerprint density at radius 2 is 1.65 bits per heavy atom. The quantitative estimate of drug-likeness (QED) is 0.502. The number of benzene rings is 3. The highest BCUT2D eigenvalue weighted by Gasteiger charge is 2.27. The van der Waals surface area contributed by atoms with Gasteiger partial charge in [-0.05, 0) is 66.2 Å². The maximum Gasteiger partial charge on any atom is 0.243 e. The lowest BCUT2D eigenvalue weighted by atomic mass is 10.2. The lowest BCUT2D eigenvalue weighted by Crippen LogP contribution is -2.37. The van der Waals surface area contributed by atoms with Crippen LogP contribution in [0.5, 0.6) is 5.75 Å². The van der Waals surface area contributed by atoms with Crippen molar-refractivity contribution in [3.63, 3.8) is 0 Å². The summed E-state index contributed by atoms with van der Waals surface area (Å²) >= 11 is 11.9. The van der Waals surface area contributed by atoms with E-state index in [-0.39, 0.29) is 18.0 Å². The molecule has 3 aromatic carbocycles. The van der Waals surface area contributed by atoms with Crippen LogP contribution in [0.4, 0.5) is 5.69 Å². The van der Waals surface area contributed by atoms with Crippen molar-refractivity contribution in [3.05, 3.63) is 88.4 Å². The van der Waals surface area contributed by atoms with Crippen molar-refractivity contribution in [1.82, 2.24) is 4.31 Å². The third kappa shape index (κ3) is 6.21. The van der Waals surface area contributed by atoms with E-state index in [1.807, 2.05) is 0 Å². The van der Waals surface area contributed by atoms with Crippen molar-refractivity contribution >= 4 is 44.8 Å². The monoisotopic (exact) mass is 478 g/mol.